The molecule has 1 unspecified atom stereocenters. The van der Waals surface area contributed by atoms with Gasteiger partial charge in [0.1, 0.15) is 5.75 Å². The topological polar surface area (TPSA) is 21.3 Å². The Morgan fingerprint density at radius 2 is 2.05 bits per heavy atom. The SMILES string of the molecule is C#CCCCOc1c(C(C)NCC)ccc2ccccc12. The molecule has 2 heteroatoms. The lowest BCUT2D eigenvalue weighted by molar-refractivity contribution is 0.310. The highest BCUT2D eigenvalue weighted by atomic mass is 16.5. The Morgan fingerprint density at radius 1 is 1.24 bits per heavy atom. The van der Waals surface area contributed by atoms with Crippen LogP contribution in [0.4, 0.5) is 0 Å². The zero-order chi connectivity index (χ0) is 15.1. The molecule has 2 aromatic carbocycles. The van der Waals surface area contributed by atoms with Crippen LogP contribution < -0.4 is 10.1 Å². The van der Waals surface area contributed by atoms with Gasteiger partial charge in [-0.15, -0.1) is 12.3 Å². The molecule has 1 atom stereocenters. The molecule has 2 nitrogen and oxygen atoms in total. The molecule has 2 rings (SSSR count). The Bertz CT molecular complexity index is 627. The molecule has 0 heterocycles. The molecule has 0 saturated carbocycles. The lowest BCUT2D eigenvalue weighted by Crippen LogP contribution is -2.18. The smallest absolute Gasteiger partial charge is 0.131 e. The van der Waals surface area contributed by atoms with Gasteiger partial charge in [0.25, 0.3) is 0 Å². The monoisotopic (exact) mass is 281 g/mol. The molecule has 2 aromatic rings. The first-order valence-electron chi connectivity index (χ1n) is 7.59. The molecule has 0 aliphatic carbocycles. The minimum absolute atomic E-state index is 0.266. The van der Waals surface area contributed by atoms with Crippen LogP contribution in [0.1, 0.15) is 38.3 Å². The fourth-order valence-electron chi connectivity index (χ4n) is 2.53. The van der Waals surface area contributed by atoms with Crippen LogP contribution in [0.3, 0.4) is 0 Å². The highest BCUT2D eigenvalue weighted by molar-refractivity contribution is 5.89. The van der Waals surface area contributed by atoms with E-state index in [-0.39, 0.29) is 6.04 Å². The largest absolute Gasteiger partial charge is 0.493 e. The van der Waals surface area contributed by atoms with E-state index in [4.69, 9.17) is 11.2 Å². The van der Waals surface area contributed by atoms with Gasteiger partial charge in [-0.05, 0) is 25.3 Å². The van der Waals surface area contributed by atoms with Gasteiger partial charge < -0.3 is 10.1 Å². The Kier molecular flexibility index (Phi) is 5.66. The van der Waals surface area contributed by atoms with Crippen molar-refractivity contribution in [2.24, 2.45) is 0 Å². The van der Waals surface area contributed by atoms with Gasteiger partial charge in [-0.3, -0.25) is 0 Å². The third-order valence-corrected chi connectivity index (χ3v) is 3.60. The highest BCUT2D eigenvalue weighted by Gasteiger charge is 2.14. The van der Waals surface area contributed by atoms with Crippen molar-refractivity contribution in [1.29, 1.82) is 0 Å². The van der Waals surface area contributed by atoms with Crippen molar-refractivity contribution in [2.75, 3.05) is 13.2 Å². The molecule has 0 aliphatic heterocycles. The first kappa shape index (κ1) is 15.4. The summed E-state index contributed by atoms with van der Waals surface area (Å²) in [5.41, 5.74) is 1.20. The van der Waals surface area contributed by atoms with E-state index >= 15 is 0 Å². The van der Waals surface area contributed by atoms with Crippen LogP contribution in [0, 0.1) is 12.3 Å². The van der Waals surface area contributed by atoms with E-state index in [1.54, 1.807) is 0 Å². The molecule has 1 N–H and O–H groups in total. The second kappa shape index (κ2) is 7.71. The van der Waals surface area contributed by atoms with E-state index < -0.39 is 0 Å². The zero-order valence-corrected chi connectivity index (χ0v) is 12.9. The summed E-state index contributed by atoms with van der Waals surface area (Å²) in [5.74, 6) is 3.64. The number of nitrogens with one attached hydrogen (secondary N) is 1. The van der Waals surface area contributed by atoms with Crippen molar-refractivity contribution in [1.82, 2.24) is 5.32 Å². The maximum absolute atomic E-state index is 6.08. The van der Waals surface area contributed by atoms with E-state index in [1.165, 1.54) is 16.3 Å². The van der Waals surface area contributed by atoms with Crippen molar-refractivity contribution in [3.05, 3.63) is 42.0 Å². The second-order valence-corrected chi connectivity index (χ2v) is 5.14. The molecule has 0 spiro atoms. The van der Waals surface area contributed by atoms with Crippen LogP contribution in [0.5, 0.6) is 5.75 Å². The predicted octanol–water partition coefficient (Wildman–Crippen LogP) is 4.30. The number of hydrogen-bond donors (Lipinski definition) is 1. The lowest BCUT2D eigenvalue weighted by atomic mass is 10.0. The molecule has 21 heavy (non-hydrogen) atoms. The van der Waals surface area contributed by atoms with E-state index in [0.29, 0.717) is 6.61 Å². The molecule has 0 aromatic heterocycles. The number of terminal acetylenes is 1. The summed E-state index contributed by atoms with van der Waals surface area (Å²) in [6.45, 7) is 5.88. The van der Waals surface area contributed by atoms with Crippen LogP contribution in [0.15, 0.2) is 36.4 Å². The van der Waals surface area contributed by atoms with Gasteiger partial charge in [-0.2, -0.15) is 0 Å². The van der Waals surface area contributed by atoms with E-state index in [2.05, 4.69) is 61.5 Å². The van der Waals surface area contributed by atoms with E-state index in [1.807, 2.05) is 0 Å². The Balaban J connectivity index is 2.35. The summed E-state index contributed by atoms with van der Waals surface area (Å²) in [6, 6.07) is 12.9. The van der Waals surface area contributed by atoms with Crippen LogP contribution >= 0.6 is 0 Å². The van der Waals surface area contributed by atoms with Gasteiger partial charge in [-0.1, -0.05) is 43.3 Å². The van der Waals surface area contributed by atoms with Crippen LogP contribution in [-0.2, 0) is 0 Å². The third kappa shape index (κ3) is 3.77. The number of fused-ring (bicyclic) bond motifs is 1. The molecule has 0 aliphatic rings. The number of rotatable bonds is 7. The number of ether oxygens (including phenoxy) is 1. The van der Waals surface area contributed by atoms with Crippen LogP contribution in [0.2, 0.25) is 0 Å². The minimum atomic E-state index is 0.266. The Labute approximate surface area is 127 Å². The molecular formula is C19H23NO. The Morgan fingerprint density at radius 3 is 2.81 bits per heavy atom. The van der Waals surface area contributed by atoms with Crippen molar-refractivity contribution in [2.45, 2.75) is 32.7 Å². The number of benzene rings is 2. The molecular weight excluding hydrogens is 258 g/mol. The van der Waals surface area contributed by atoms with Gasteiger partial charge in [0.15, 0.2) is 0 Å². The Hall–Kier alpha value is -1.98. The zero-order valence-electron chi connectivity index (χ0n) is 12.9. The standard InChI is InChI=1S/C19H23NO/c1-4-6-9-14-21-19-17(15(3)20-5-2)13-12-16-10-7-8-11-18(16)19/h1,7-8,10-13,15,20H,5-6,9,14H2,2-3H3. The fourth-order valence-corrected chi connectivity index (χ4v) is 2.53. The maximum atomic E-state index is 6.08. The van der Waals surface area contributed by atoms with Crippen molar-refractivity contribution in [3.8, 4) is 18.1 Å². The lowest BCUT2D eigenvalue weighted by Gasteiger charge is -2.19. The predicted molar refractivity (Wildman–Crippen MR) is 89.6 cm³/mol. The second-order valence-electron chi connectivity index (χ2n) is 5.14. The average molecular weight is 281 g/mol. The molecule has 0 saturated heterocycles. The summed E-state index contributed by atoms with van der Waals surface area (Å²) < 4.78 is 6.08. The quantitative estimate of drug-likeness (QED) is 0.603. The molecule has 0 amide bonds. The average Bonchev–Trinajstić information content (AvgIpc) is 2.51. The number of hydrogen-bond acceptors (Lipinski definition) is 2. The van der Waals surface area contributed by atoms with Crippen molar-refractivity contribution >= 4 is 10.8 Å². The first-order valence-corrected chi connectivity index (χ1v) is 7.59. The summed E-state index contributed by atoms with van der Waals surface area (Å²) in [6.07, 6.45) is 6.94. The van der Waals surface area contributed by atoms with Gasteiger partial charge in [0, 0.05) is 23.4 Å². The van der Waals surface area contributed by atoms with Gasteiger partial charge in [0.2, 0.25) is 0 Å². The molecule has 0 radical (unpaired) electrons. The maximum Gasteiger partial charge on any atom is 0.131 e. The summed E-state index contributed by atoms with van der Waals surface area (Å²) in [5, 5.41) is 5.83. The highest BCUT2D eigenvalue weighted by Crippen LogP contribution is 2.33. The van der Waals surface area contributed by atoms with Gasteiger partial charge in [-0.25, -0.2) is 0 Å². The summed E-state index contributed by atoms with van der Waals surface area (Å²) in [4.78, 5) is 0. The van der Waals surface area contributed by atoms with Crippen LogP contribution in [0.25, 0.3) is 10.8 Å². The van der Waals surface area contributed by atoms with E-state index in [0.717, 1.165) is 25.1 Å². The number of unbranched alkanes of at least 4 members (excludes halogenated alkanes) is 1. The molecule has 0 bridgehead atoms. The fraction of sp³-hybridized carbons (Fsp3) is 0.368. The van der Waals surface area contributed by atoms with Crippen molar-refractivity contribution in [3.63, 3.8) is 0 Å². The van der Waals surface area contributed by atoms with Gasteiger partial charge in [0.05, 0.1) is 6.61 Å². The first-order chi connectivity index (χ1) is 10.3. The normalized spacial score (nSPS) is 12.0. The molecule has 110 valence electrons. The van der Waals surface area contributed by atoms with Crippen LogP contribution in [-0.4, -0.2) is 13.2 Å². The van der Waals surface area contributed by atoms with Gasteiger partial charge >= 0.3 is 0 Å². The summed E-state index contributed by atoms with van der Waals surface area (Å²) in [7, 11) is 0. The third-order valence-electron chi connectivity index (χ3n) is 3.60. The summed E-state index contributed by atoms with van der Waals surface area (Å²) >= 11 is 0. The minimum Gasteiger partial charge on any atom is -0.493 e. The van der Waals surface area contributed by atoms with E-state index in [9.17, 15) is 0 Å². The molecule has 0 fully saturated rings. The van der Waals surface area contributed by atoms with Crippen molar-refractivity contribution < 1.29 is 4.74 Å².